The van der Waals surface area contributed by atoms with Crippen molar-refractivity contribution in [1.82, 2.24) is 10.0 Å². The van der Waals surface area contributed by atoms with E-state index >= 15 is 0 Å². The Kier molecular flexibility index (Phi) is 6.87. The molecule has 0 saturated heterocycles. The number of alkyl halides is 1. The summed E-state index contributed by atoms with van der Waals surface area (Å²) in [5.41, 5.74) is 0. The van der Waals surface area contributed by atoms with Gasteiger partial charge in [0.25, 0.3) is 0 Å². The van der Waals surface area contributed by atoms with E-state index in [1.165, 1.54) is 7.05 Å². The van der Waals surface area contributed by atoms with Crippen LogP contribution in [0, 0.1) is 5.92 Å². The van der Waals surface area contributed by atoms with Crippen LogP contribution in [0.4, 0.5) is 0 Å². The first-order chi connectivity index (χ1) is 6.91. The molecule has 0 rings (SSSR count). The van der Waals surface area contributed by atoms with Crippen molar-refractivity contribution in [2.75, 3.05) is 25.2 Å². The van der Waals surface area contributed by atoms with Crippen molar-refractivity contribution in [1.29, 1.82) is 0 Å². The molecule has 0 bridgehead atoms. The molecule has 0 saturated carbocycles. The first kappa shape index (κ1) is 14.7. The van der Waals surface area contributed by atoms with E-state index < -0.39 is 10.0 Å². The number of carbonyl (C=O) groups is 1. The minimum absolute atomic E-state index is 0.00968. The third kappa shape index (κ3) is 7.58. The van der Waals surface area contributed by atoms with E-state index in [0.29, 0.717) is 5.88 Å². The van der Waals surface area contributed by atoms with Crippen LogP contribution in [0.15, 0.2) is 0 Å². The van der Waals surface area contributed by atoms with Gasteiger partial charge in [0.05, 0.1) is 5.75 Å². The van der Waals surface area contributed by atoms with Crippen LogP contribution in [0.3, 0.4) is 0 Å². The molecular formula is C8H17ClN2O3S. The predicted molar refractivity (Wildman–Crippen MR) is 60.4 cm³/mol. The van der Waals surface area contributed by atoms with Crippen LogP contribution in [0.25, 0.3) is 0 Å². The Balaban J connectivity index is 3.90. The molecule has 0 aromatic heterocycles. The van der Waals surface area contributed by atoms with Crippen LogP contribution < -0.4 is 10.0 Å². The number of amides is 1. The Bertz CT molecular complexity index is 292. The van der Waals surface area contributed by atoms with Gasteiger partial charge in [-0.3, -0.25) is 4.79 Å². The SMILES string of the molecule is CNC(=O)CCNS(=O)(=O)CC(C)CCl. The molecule has 1 unspecified atom stereocenters. The Labute approximate surface area is 95.6 Å². The van der Waals surface area contributed by atoms with Crippen molar-refractivity contribution in [3.05, 3.63) is 0 Å². The van der Waals surface area contributed by atoms with Gasteiger partial charge in [0.2, 0.25) is 15.9 Å². The van der Waals surface area contributed by atoms with Gasteiger partial charge in [-0.2, -0.15) is 0 Å². The van der Waals surface area contributed by atoms with Gasteiger partial charge in [-0.05, 0) is 5.92 Å². The molecule has 90 valence electrons. The zero-order valence-corrected chi connectivity index (χ0v) is 10.5. The summed E-state index contributed by atoms with van der Waals surface area (Å²) in [4.78, 5) is 10.8. The highest BCUT2D eigenvalue weighted by Gasteiger charge is 2.14. The molecule has 0 aromatic rings. The summed E-state index contributed by atoms with van der Waals surface area (Å²) < 4.78 is 25.1. The second-order valence-corrected chi connectivity index (χ2v) is 5.52. The second kappa shape index (κ2) is 7.03. The molecule has 0 aliphatic heterocycles. The van der Waals surface area contributed by atoms with Crippen molar-refractivity contribution in [3.8, 4) is 0 Å². The second-order valence-electron chi connectivity index (χ2n) is 3.36. The lowest BCUT2D eigenvalue weighted by atomic mass is 10.3. The van der Waals surface area contributed by atoms with E-state index in [1.54, 1.807) is 6.92 Å². The molecular weight excluding hydrogens is 240 g/mol. The maximum Gasteiger partial charge on any atom is 0.221 e. The lowest BCUT2D eigenvalue weighted by Gasteiger charge is -2.09. The summed E-state index contributed by atoms with van der Waals surface area (Å²) >= 11 is 5.51. The van der Waals surface area contributed by atoms with Gasteiger partial charge >= 0.3 is 0 Å². The standard InChI is InChI=1S/C8H17ClN2O3S/c1-7(5-9)6-15(13,14)11-4-3-8(12)10-2/h7,11H,3-6H2,1-2H3,(H,10,12). The van der Waals surface area contributed by atoms with E-state index in [1.807, 2.05) is 0 Å². The Morgan fingerprint density at radius 2 is 2.07 bits per heavy atom. The predicted octanol–water partition coefficient (Wildman–Crippen LogP) is -0.0832. The monoisotopic (exact) mass is 256 g/mol. The minimum Gasteiger partial charge on any atom is -0.359 e. The molecule has 15 heavy (non-hydrogen) atoms. The summed E-state index contributed by atoms with van der Waals surface area (Å²) in [6, 6.07) is 0. The van der Waals surface area contributed by atoms with Crippen LogP contribution in [0.1, 0.15) is 13.3 Å². The molecule has 0 fully saturated rings. The quantitative estimate of drug-likeness (QED) is 0.626. The van der Waals surface area contributed by atoms with Crippen molar-refractivity contribution < 1.29 is 13.2 Å². The van der Waals surface area contributed by atoms with Crippen molar-refractivity contribution in [2.45, 2.75) is 13.3 Å². The molecule has 0 aliphatic rings. The number of nitrogens with one attached hydrogen (secondary N) is 2. The topological polar surface area (TPSA) is 75.3 Å². The number of hydrogen-bond acceptors (Lipinski definition) is 3. The fraction of sp³-hybridized carbons (Fsp3) is 0.875. The highest BCUT2D eigenvalue weighted by molar-refractivity contribution is 7.89. The summed E-state index contributed by atoms with van der Waals surface area (Å²) in [7, 11) is -1.80. The lowest BCUT2D eigenvalue weighted by Crippen LogP contribution is -2.32. The summed E-state index contributed by atoms with van der Waals surface area (Å²) in [6.07, 6.45) is 0.144. The third-order valence-electron chi connectivity index (χ3n) is 1.72. The van der Waals surface area contributed by atoms with Gasteiger partial charge < -0.3 is 5.32 Å². The third-order valence-corrected chi connectivity index (χ3v) is 3.90. The first-order valence-corrected chi connectivity index (χ1v) is 6.84. The highest BCUT2D eigenvalue weighted by Crippen LogP contribution is 2.01. The van der Waals surface area contributed by atoms with Gasteiger partial charge in [0.1, 0.15) is 0 Å². The summed E-state index contributed by atoms with van der Waals surface area (Å²) in [5, 5.41) is 2.41. The maximum absolute atomic E-state index is 11.4. The van der Waals surface area contributed by atoms with E-state index in [4.69, 9.17) is 11.6 Å². The number of hydrogen-bond donors (Lipinski definition) is 2. The molecule has 0 radical (unpaired) electrons. The number of rotatable bonds is 7. The van der Waals surface area contributed by atoms with Crippen molar-refractivity contribution in [3.63, 3.8) is 0 Å². The van der Waals surface area contributed by atoms with Crippen LogP contribution >= 0.6 is 11.6 Å². The largest absolute Gasteiger partial charge is 0.359 e. The summed E-state index contributed by atoms with van der Waals surface area (Å²) in [5.74, 6) is 0.00732. The van der Waals surface area contributed by atoms with Crippen molar-refractivity contribution >= 4 is 27.5 Å². The normalized spacial score (nSPS) is 13.5. The Hall–Kier alpha value is -0.330. The molecule has 7 heteroatoms. The molecule has 0 aliphatic carbocycles. The smallest absolute Gasteiger partial charge is 0.221 e. The molecule has 1 amide bonds. The van der Waals surface area contributed by atoms with E-state index in [2.05, 4.69) is 10.0 Å². The van der Waals surface area contributed by atoms with Crippen LogP contribution in [0.5, 0.6) is 0 Å². The zero-order chi connectivity index (χ0) is 11.9. The average Bonchev–Trinajstić information content (AvgIpc) is 2.16. The highest BCUT2D eigenvalue weighted by atomic mass is 35.5. The number of halogens is 1. The van der Waals surface area contributed by atoms with Crippen molar-refractivity contribution in [2.24, 2.45) is 5.92 Å². The van der Waals surface area contributed by atoms with Gasteiger partial charge in [0, 0.05) is 25.9 Å². The van der Waals surface area contributed by atoms with Gasteiger partial charge in [-0.25, -0.2) is 13.1 Å². The van der Waals surface area contributed by atoms with E-state index in [9.17, 15) is 13.2 Å². The molecule has 0 spiro atoms. The minimum atomic E-state index is -3.31. The zero-order valence-electron chi connectivity index (χ0n) is 8.92. The van der Waals surface area contributed by atoms with Gasteiger partial charge in [-0.1, -0.05) is 6.92 Å². The van der Waals surface area contributed by atoms with E-state index in [0.717, 1.165) is 0 Å². The van der Waals surface area contributed by atoms with Gasteiger partial charge in [-0.15, -0.1) is 11.6 Å². The van der Waals surface area contributed by atoms with E-state index in [-0.39, 0.29) is 30.5 Å². The molecule has 0 aromatic carbocycles. The Morgan fingerprint density at radius 3 is 2.53 bits per heavy atom. The Morgan fingerprint density at radius 1 is 1.47 bits per heavy atom. The molecule has 5 nitrogen and oxygen atoms in total. The number of carbonyl (C=O) groups excluding carboxylic acids is 1. The molecule has 2 N–H and O–H groups in total. The van der Waals surface area contributed by atoms with Crippen LogP contribution in [-0.2, 0) is 14.8 Å². The fourth-order valence-electron chi connectivity index (χ4n) is 0.923. The molecule has 1 atom stereocenters. The first-order valence-electron chi connectivity index (χ1n) is 4.65. The lowest BCUT2D eigenvalue weighted by molar-refractivity contribution is -0.120. The fourth-order valence-corrected chi connectivity index (χ4v) is 2.56. The van der Waals surface area contributed by atoms with Crippen LogP contribution in [-0.4, -0.2) is 39.6 Å². The molecule has 0 heterocycles. The summed E-state index contributed by atoms with van der Waals surface area (Å²) in [6.45, 7) is 1.88. The maximum atomic E-state index is 11.4. The average molecular weight is 257 g/mol. The van der Waals surface area contributed by atoms with Gasteiger partial charge in [0.15, 0.2) is 0 Å². The number of sulfonamides is 1. The van der Waals surface area contributed by atoms with Crippen LogP contribution in [0.2, 0.25) is 0 Å².